The zero-order valence-corrected chi connectivity index (χ0v) is 15.3. The van der Waals surface area contributed by atoms with Crippen LogP contribution in [0.5, 0.6) is 0 Å². The maximum atomic E-state index is 13.5. The van der Waals surface area contributed by atoms with Crippen LogP contribution in [0.25, 0.3) is 0 Å². The molecule has 0 bridgehead atoms. The van der Waals surface area contributed by atoms with Crippen molar-refractivity contribution < 1.29 is 14.1 Å². The molecule has 7 heteroatoms. The predicted molar refractivity (Wildman–Crippen MR) is 98.9 cm³/mol. The molecule has 144 valence electrons. The SMILES string of the molecule is CCO[C@H]1CC[C@H](N2CCC(Nc3cc(F)ccc3[N+](=O)[O-])CC2)CC1. The van der Waals surface area contributed by atoms with E-state index in [-0.39, 0.29) is 17.4 Å². The Morgan fingerprint density at radius 2 is 1.92 bits per heavy atom. The van der Waals surface area contributed by atoms with E-state index in [9.17, 15) is 14.5 Å². The second-order valence-electron chi connectivity index (χ2n) is 7.26. The van der Waals surface area contributed by atoms with E-state index < -0.39 is 10.7 Å². The third kappa shape index (κ3) is 4.71. The van der Waals surface area contributed by atoms with Gasteiger partial charge in [0.25, 0.3) is 5.69 Å². The number of nitro benzene ring substituents is 1. The number of benzene rings is 1. The topological polar surface area (TPSA) is 67.6 Å². The molecule has 0 radical (unpaired) electrons. The van der Waals surface area contributed by atoms with Crippen LogP contribution >= 0.6 is 0 Å². The van der Waals surface area contributed by atoms with E-state index in [0.717, 1.165) is 51.4 Å². The summed E-state index contributed by atoms with van der Waals surface area (Å²) in [6.07, 6.45) is 6.87. The number of nitrogens with one attached hydrogen (secondary N) is 1. The summed E-state index contributed by atoms with van der Waals surface area (Å²) >= 11 is 0. The van der Waals surface area contributed by atoms with Crippen molar-refractivity contribution in [2.24, 2.45) is 0 Å². The van der Waals surface area contributed by atoms with Gasteiger partial charge in [0.05, 0.1) is 11.0 Å². The molecule has 3 rings (SSSR count). The Bertz CT molecular complexity index is 612. The van der Waals surface area contributed by atoms with E-state index in [0.29, 0.717) is 12.1 Å². The Hall–Kier alpha value is -1.73. The Labute approximate surface area is 153 Å². The van der Waals surface area contributed by atoms with Crippen molar-refractivity contribution in [2.45, 2.75) is 63.6 Å². The van der Waals surface area contributed by atoms with E-state index >= 15 is 0 Å². The standard InChI is InChI=1S/C19H28FN3O3/c1-2-26-17-6-4-16(5-7-17)22-11-9-15(10-12-22)21-18-13-14(20)3-8-19(18)23(24)25/h3,8,13,15-17,21H,2,4-7,9-12H2,1H3/t16-,17-. The number of hydrogen-bond donors (Lipinski definition) is 1. The summed E-state index contributed by atoms with van der Waals surface area (Å²) in [5.74, 6) is -0.457. The molecule has 1 saturated carbocycles. The van der Waals surface area contributed by atoms with Gasteiger partial charge in [-0.15, -0.1) is 0 Å². The van der Waals surface area contributed by atoms with Gasteiger partial charge < -0.3 is 15.0 Å². The average Bonchev–Trinajstić information content (AvgIpc) is 2.63. The van der Waals surface area contributed by atoms with Crippen LogP contribution in [0.4, 0.5) is 15.8 Å². The molecule has 1 aliphatic heterocycles. The molecule has 1 aromatic rings. The third-order valence-corrected chi connectivity index (χ3v) is 5.61. The van der Waals surface area contributed by atoms with Gasteiger partial charge in [0.15, 0.2) is 0 Å². The molecule has 1 aromatic carbocycles. The Kier molecular flexibility index (Phi) is 6.43. The number of ether oxygens (including phenoxy) is 1. The second kappa shape index (κ2) is 8.77. The van der Waals surface area contributed by atoms with Crippen LogP contribution in [0.2, 0.25) is 0 Å². The van der Waals surface area contributed by atoms with E-state index in [4.69, 9.17) is 4.74 Å². The molecule has 0 spiro atoms. The molecule has 1 heterocycles. The van der Waals surface area contributed by atoms with Crippen LogP contribution in [0.1, 0.15) is 45.4 Å². The lowest BCUT2D eigenvalue weighted by Crippen LogP contribution is -2.46. The van der Waals surface area contributed by atoms with Crippen molar-refractivity contribution in [3.8, 4) is 0 Å². The Morgan fingerprint density at radius 1 is 1.23 bits per heavy atom. The number of rotatable bonds is 6. The van der Waals surface area contributed by atoms with Crippen molar-refractivity contribution in [1.29, 1.82) is 0 Å². The summed E-state index contributed by atoms with van der Waals surface area (Å²) in [6.45, 7) is 4.79. The number of halogens is 1. The van der Waals surface area contributed by atoms with Gasteiger partial charge in [-0.2, -0.15) is 0 Å². The van der Waals surface area contributed by atoms with Crippen LogP contribution in [0, 0.1) is 15.9 Å². The minimum absolute atomic E-state index is 0.0666. The number of piperidine rings is 1. The predicted octanol–water partition coefficient (Wildman–Crippen LogP) is 3.96. The highest BCUT2D eigenvalue weighted by Gasteiger charge is 2.29. The maximum Gasteiger partial charge on any atom is 0.292 e. The first-order valence-corrected chi connectivity index (χ1v) is 9.63. The summed E-state index contributed by atoms with van der Waals surface area (Å²) < 4.78 is 19.2. The molecule has 2 aliphatic rings. The van der Waals surface area contributed by atoms with Gasteiger partial charge in [-0.1, -0.05) is 0 Å². The maximum absolute atomic E-state index is 13.5. The highest BCUT2D eigenvalue weighted by atomic mass is 19.1. The molecule has 1 N–H and O–H groups in total. The van der Waals surface area contributed by atoms with E-state index in [1.54, 1.807) is 0 Å². The fraction of sp³-hybridized carbons (Fsp3) is 0.684. The van der Waals surface area contributed by atoms with Crippen LogP contribution in [0.15, 0.2) is 18.2 Å². The summed E-state index contributed by atoms with van der Waals surface area (Å²) in [5.41, 5.74) is 0.216. The normalized spacial score (nSPS) is 25.2. The van der Waals surface area contributed by atoms with Crippen molar-refractivity contribution >= 4 is 11.4 Å². The number of nitro groups is 1. The number of anilines is 1. The Balaban J connectivity index is 1.50. The first kappa shape index (κ1) is 19.0. The fourth-order valence-corrected chi connectivity index (χ4v) is 4.22. The highest BCUT2D eigenvalue weighted by molar-refractivity contribution is 5.61. The zero-order valence-electron chi connectivity index (χ0n) is 15.3. The molecule has 0 amide bonds. The van der Waals surface area contributed by atoms with Gasteiger partial charge in [-0.25, -0.2) is 4.39 Å². The molecule has 26 heavy (non-hydrogen) atoms. The van der Waals surface area contributed by atoms with Crippen LogP contribution in [0.3, 0.4) is 0 Å². The second-order valence-corrected chi connectivity index (χ2v) is 7.26. The van der Waals surface area contributed by atoms with E-state index in [1.807, 2.05) is 6.92 Å². The minimum atomic E-state index is -0.465. The van der Waals surface area contributed by atoms with Crippen molar-refractivity contribution in [3.63, 3.8) is 0 Å². The molecule has 0 atom stereocenters. The quantitative estimate of drug-likeness (QED) is 0.610. The van der Waals surface area contributed by atoms with E-state index in [1.165, 1.54) is 25.0 Å². The summed E-state index contributed by atoms with van der Waals surface area (Å²) in [5, 5.41) is 14.3. The number of hydrogen-bond acceptors (Lipinski definition) is 5. The van der Waals surface area contributed by atoms with Gasteiger partial charge in [-0.3, -0.25) is 10.1 Å². The smallest absolute Gasteiger partial charge is 0.292 e. The number of nitrogens with zero attached hydrogens (tertiary/aromatic N) is 2. The van der Waals surface area contributed by atoms with Gasteiger partial charge >= 0.3 is 0 Å². The van der Waals surface area contributed by atoms with Crippen LogP contribution < -0.4 is 5.32 Å². The monoisotopic (exact) mass is 365 g/mol. The molecule has 2 fully saturated rings. The van der Waals surface area contributed by atoms with Crippen molar-refractivity contribution in [3.05, 3.63) is 34.1 Å². The summed E-state index contributed by atoms with van der Waals surface area (Å²) in [6, 6.07) is 4.34. The van der Waals surface area contributed by atoms with Crippen LogP contribution in [-0.2, 0) is 4.74 Å². The fourth-order valence-electron chi connectivity index (χ4n) is 4.22. The molecule has 1 aliphatic carbocycles. The van der Waals surface area contributed by atoms with Gasteiger partial charge in [-0.05, 0) is 51.5 Å². The highest BCUT2D eigenvalue weighted by Crippen LogP contribution is 2.30. The first-order valence-electron chi connectivity index (χ1n) is 9.63. The summed E-state index contributed by atoms with van der Waals surface area (Å²) in [4.78, 5) is 13.2. The molecule has 6 nitrogen and oxygen atoms in total. The first-order chi connectivity index (χ1) is 12.6. The third-order valence-electron chi connectivity index (χ3n) is 5.61. The van der Waals surface area contributed by atoms with Crippen molar-refractivity contribution in [2.75, 3.05) is 25.0 Å². The van der Waals surface area contributed by atoms with Gasteiger partial charge in [0.1, 0.15) is 11.5 Å². The van der Waals surface area contributed by atoms with Gasteiger partial charge in [0.2, 0.25) is 0 Å². The average molecular weight is 365 g/mol. The Morgan fingerprint density at radius 3 is 2.54 bits per heavy atom. The van der Waals surface area contributed by atoms with Gasteiger partial charge in [0, 0.05) is 43.9 Å². The molecule has 1 saturated heterocycles. The molecule has 0 unspecified atom stereocenters. The number of likely N-dealkylation sites (tertiary alicyclic amines) is 1. The van der Waals surface area contributed by atoms with Crippen molar-refractivity contribution in [1.82, 2.24) is 4.90 Å². The lowest BCUT2D eigenvalue weighted by molar-refractivity contribution is -0.384. The van der Waals surface area contributed by atoms with Crippen LogP contribution in [-0.4, -0.2) is 47.7 Å². The summed E-state index contributed by atoms with van der Waals surface area (Å²) in [7, 11) is 0. The molecular weight excluding hydrogens is 337 g/mol. The van der Waals surface area contributed by atoms with E-state index in [2.05, 4.69) is 10.2 Å². The minimum Gasteiger partial charge on any atom is -0.379 e. The lowest BCUT2D eigenvalue weighted by Gasteiger charge is -2.41. The molecule has 0 aromatic heterocycles. The largest absolute Gasteiger partial charge is 0.379 e. The molecular formula is C19H28FN3O3. The lowest BCUT2D eigenvalue weighted by atomic mass is 9.90. The zero-order chi connectivity index (χ0) is 18.5.